The van der Waals surface area contributed by atoms with E-state index in [4.69, 9.17) is 14.5 Å². The van der Waals surface area contributed by atoms with E-state index >= 15 is 0 Å². The normalized spacial score (nSPS) is 14.4. The van der Waals surface area contributed by atoms with Crippen LogP contribution in [0.15, 0.2) is 34.2 Å². The average Bonchev–Trinajstić information content (AvgIpc) is 3.06. The number of thiophene rings is 1. The fraction of sp³-hybridized carbons (Fsp3) is 0.400. The quantitative estimate of drug-likeness (QED) is 0.349. The lowest BCUT2D eigenvalue weighted by atomic mass is 10.1. The number of thioether (sulfide) groups is 1. The molecule has 1 aromatic carbocycles. The van der Waals surface area contributed by atoms with Gasteiger partial charge in [0.05, 0.1) is 24.8 Å². The fourth-order valence-corrected chi connectivity index (χ4v) is 5.68. The maximum Gasteiger partial charge on any atom is 0.267 e. The van der Waals surface area contributed by atoms with Crippen LogP contribution in [0.3, 0.4) is 0 Å². The van der Waals surface area contributed by atoms with Crippen LogP contribution in [-0.2, 0) is 17.7 Å². The zero-order valence-electron chi connectivity index (χ0n) is 16.2. The summed E-state index contributed by atoms with van der Waals surface area (Å²) in [7, 11) is 5.43. The van der Waals surface area contributed by atoms with Crippen molar-refractivity contribution in [2.75, 3.05) is 40.2 Å². The van der Waals surface area contributed by atoms with Gasteiger partial charge in [-0.15, -0.1) is 11.3 Å². The number of methoxy groups -OCH3 is 2. The molecule has 4 rings (SSSR count). The highest BCUT2D eigenvalue weighted by molar-refractivity contribution is 7.99. The molecular formula is C20H23N3O3S2. The van der Waals surface area contributed by atoms with E-state index < -0.39 is 0 Å². The summed E-state index contributed by atoms with van der Waals surface area (Å²) in [5.41, 5.74) is 1.98. The molecule has 0 unspecified atom stereocenters. The number of benzene rings is 1. The van der Waals surface area contributed by atoms with Gasteiger partial charge in [0.1, 0.15) is 10.6 Å². The molecule has 0 saturated heterocycles. The van der Waals surface area contributed by atoms with Gasteiger partial charge in [-0.2, -0.15) is 0 Å². The Morgan fingerprint density at radius 1 is 1.25 bits per heavy atom. The zero-order valence-corrected chi connectivity index (χ0v) is 17.9. The first-order valence-corrected chi connectivity index (χ1v) is 10.9. The predicted molar refractivity (Wildman–Crippen MR) is 114 cm³/mol. The first-order chi connectivity index (χ1) is 13.6. The van der Waals surface area contributed by atoms with Crippen molar-refractivity contribution >= 4 is 33.3 Å². The van der Waals surface area contributed by atoms with E-state index in [1.165, 1.54) is 10.4 Å². The largest absolute Gasteiger partial charge is 0.497 e. The molecule has 0 amide bonds. The number of hydrogen-bond donors (Lipinski definition) is 0. The molecule has 8 heteroatoms. The molecule has 6 nitrogen and oxygen atoms in total. The number of fused-ring (bicyclic) bond motifs is 3. The van der Waals surface area contributed by atoms with Crippen molar-refractivity contribution in [3.8, 4) is 11.4 Å². The minimum Gasteiger partial charge on any atom is -0.497 e. The van der Waals surface area contributed by atoms with E-state index in [-0.39, 0.29) is 5.56 Å². The molecule has 3 aromatic rings. The number of ether oxygens (including phenoxy) is 2. The second kappa shape index (κ2) is 8.24. The van der Waals surface area contributed by atoms with E-state index in [0.717, 1.165) is 46.9 Å². The van der Waals surface area contributed by atoms with Crippen LogP contribution < -0.4 is 10.3 Å². The Morgan fingerprint density at radius 2 is 2.04 bits per heavy atom. The van der Waals surface area contributed by atoms with Crippen molar-refractivity contribution in [1.82, 2.24) is 14.5 Å². The van der Waals surface area contributed by atoms with E-state index in [9.17, 15) is 4.79 Å². The molecule has 1 aliphatic rings. The lowest BCUT2D eigenvalue weighted by molar-refractivity contribution is 0.218. The van der Waals surface area contributed by atoms with Crippen LogP contribution in [0.4, 0.5) is 0 Å². The Balaban J connectivity index is 1.89. The molecule has 0 atom stereocenters. The number of nitrogens with zero attached hydrogens (tertiary/aromatic N) is 3. The summed E-state index contributed by atoms with van der Waals surface area (Å²) in [5, 5.41) is 1.48. The van der Waals surface area contributed by atoms with Crippen LogP contribution in [0.25, 0.3) is 15.9 Å². The van der Waals surface area contributed by atoms with Gasteiger partial charge in [0.2, 0.25) is 0 Å². The van der Waals surface area contributed by atoms with Gasteiger partial charge in [-0.3, -0.25) is 9.36 Å². The molecule has 0 fully saturated rings. The molecule has 0 radical (unpaired) electrons. The molecule has 3 heterocycles. The monoisotopic (exact) mass is 417 g/mol. The SMILES string of the molecule is COCCSc1nc2sc3c(c2c(=O)n1-c1ccc(OC)cc1)CCN(C)C3. The van der Waals surface area contributed by atoms with Gasteiger partial charge in [0.25, 0.3) is 5.56 Å². The van der Waals surface area contributed by atoms with Gasteiger partial charge in [-0.25, -0.2) is 4.98 Å². The Labute approximate surface area is 172 Å². The van der Waals surface area contributed by atoms with Gasteiger partial charge >= 0.3 is 0 Å². The van der Waals surface area contributed by atoms with Crippen molar-refractivity contribution in [2.45, 2.75) is 18.1 Å². The van der Waals surface area contributed by atoms with Gasteiger partial charge < -0.3 is 14.4 Å². The maximum absolute atomic E-state index is 13.6. The van der Waals surface area contributed by atoms with Crippen LogP contribution in [-0.4, -0.2) is 54.6 Å². The predicted octanol–water partition coefficient (Wildman–Crippen LogP) is 3.18. The molecule has 0 bridgehead atoms. The van der Waals surface area contributed by atoms with Gasteiger partial charge in [-0.05, 0) is 43.3 Å². The third kappa shape index (κ3) is 3.57. The second-order valence-corrected chi connectivity index (χ2v) is 8.89. The number of hydrogen-bond acceptors (Lipinski definition) is 7. The molecule has 1 aliphatic heterocycles. The molecule has 0 aliphatic carbocycles. The fourth-order valence-electron chi connectivity index (χ4n) is 3.42. The molecular weight excluding hydrogens is 394 g/mol. The number of likely N-dealkylation sites (N-methyl/N-ethyl adjacent to an activating group) is 1. The first kappa shape index (κ1) is 19.4. The van der Waals surface area contributed by atoms with E-state index in [1.807, 2.05) is 24.3 Å². The summed E-state index contributed by atoms with van der Waals surface area (Å²) in [6.07, 6.45) is 0.890. The molecule has 2 aromatic heterocycles. The summed E-state index contributed by atoms with van der Waals surface area (Å²) in [6.45, 7) is 2.45. The maximum atomic E-state index is 13.6. The lowest BCUT2D eigenvalue weighted by Crippen LogP contribution is -2.27. The van der Waals surface area contributed by atoms with Crippen LogP contribution >= 0.6 is 23.1 Å². The van der Waals surface area contributed by atoms with Gasteiger partial charge in [0, 0.05) is 30.8 Å². The van der Waals surface area contributed by atoms with Gasteiger partial charge in [-0.1, -0.05) is 11.8 Å². The van der Waals surface area contributed by atoms with Crippen molar-refractivity contribution in [2.24, 2.45) is 0 Å². The minimum absolute atomic E-state index is 0.0112. The van der Waals surface area contributed by atoms with Crippen LogP contribution in [0.2, 0.25) is 0 Å². The Morgan fingerprint density at radius 3 is 2.75 bits per heavy atom. The molecule has 0 N–H and O–H groups in total. The molecule has 0 spiro atoms. The third-order valence-corrected chi connectivity index (χ3v) is 6.90. The number of aromatic nitrogens is 2. The van der Waals surface area contributed by atoms with Crippen molar-refractivity contribution in [3.63, 3.8) is 0 Å². The van der Waals surface area contributed by atoms with Crippen molar-refractivity contribution < 1.29 is 9.47 Å². The highest BCUT2D eigenvalue weighted by Gasteiger charge is 2.24. The summed E-state index contributed by atoms with van der Waals surface area (Å²) >= 11 is 3.19. The standard InChI is InChI=1S/C20H23N3O3S2/c1-22-9-8-15-16(12-22)28-18-17(15)19(24)23(20(21-18)27-11-10-25-2)13-4-6-14(26-3)7-5-13/h4-7H,8-12H2,1-3H3. The summed E-state index contributed by atoms with van der Waals surface area (Å²) in [6, 6.07) is 7.54. The average molecular weight is 418 g/mol. The number of rotatable bonds is 6. The Bertz CT molecular complexity index is 1040. The minimum atomic E-state index is 0.0112. The molecule has 148 valence electrons. The molecule has 0 saturated carbocycles. The highest BCUT2D eigenvalue weighted by atomic mass is 32.2. The van der Waals surface area contributed by atoms with Crippen molar-refractivity contribution in [1.29, 1.82) is 0 Å². The zero-order chi connectivity index (χ0) is 19.7. The first-order valence-electron chi connectivity index (χ1n) is 9.14. The van der Waals surface area contributed by atoms with E-state index in [0.29, 0.717) is 11.8 Å². The van der Waals surface area contributed by atoms with Crippen LogP contribution in [0.1, 0.15) is 10.4 Å². The third-order valence-electron chi connectivity index (χ3n) is 4.88. The second-order valence-electron chi connectivity index (χ2n) is 6.75. The Hall–Kier alpha value is -1.87. The summed E-state index contributed by atoms with van der Waals surface area (Å²) in [5.74, 6) is 1.49. The smallest absolute Gasteiger partial charge is 0.267 e. The van der Waals surface area contributed by atoms with Crippen LogP contribution in [0, 0.1) is 0 Å². The van der Waals surface area contributed by atoms with Gasteiger partial charge in [0.15, 0.2) is 5.16 Å². The highest BCUT2D eigenvalue weighted by Crippen LogP contribution is 2.34. The van der Waals surface area contributed by atoms with E-state index in [1.54, 1.807) is 41.9 Å². The molecule has 28 heavy (non-hydrogen) atoms. The summed E-state index contributed by atoms with van der Waals surface area (Å²) < 4.78 is 12.2. The topological polar surface area (TPSA) is 56.6 Å². The van der Waals surface area contributed by atoms with Crippen LogP contribution in [0.5, 0.6) is 5.75 Å². The lowest BCUT2D eigenvalue weighted by Gasteiger charge is -2.21. The van der Waals surface area contributed by atoms with Crippen molar-refractivity contribution in [3.05, 3.63) is 45.1 Å². The van der Waals surface area contributed by atoms with E-state index in [2.05, 4.69) is 11.9 Å². The summed E-state index contributed by atoms with van der Waals surface area (Å²) in [4.78, 5) is 22.9. The Kier molecular flexibility index (Phi) is 5.73.